The number of hydrogen-bond acceptors (Lipinski definition) is 5. The summed E-state index contributed by atoms with van der Waals surface area (Å²) in [6.07, 6.45) is 2.47. The van der Waals surface area contributed by atoms with Crippen LogP contribution in [0.15, 0.2) is 10.7 Å². The molecule has 0 saturated carbocycles. The monoisotopic (exact) mass is 297 g/mol. The Labute approximate surface area is 110 Å². The molecule has 0 bridgehead atoms. The maximum atomic E-state index is 8.74. The lowest BCUT2D eigenvalue weighted by atomic mass is 9.92. The third-order valence-corrected chi connectivity index (χ3v) is 2.76. The first-order valence-corrected chi connectivity index (χ1v) is 6.07. The average Bonchev–Trinajstić information content (AvgIpc) is 2.25. The predicted octanol–water partition coefficient (Wildman–Crippen LogP) is 2.23. The van der Waals surface area contributed by atoms with Crippen molar-refractivity contribution in [3.8, 4) is 6.07 Å². The molecule has 1 aromatic rings. The molecule has 0 saturated heterocycles. The van der Waals surface area contributed by atoms with E-state index in [9.17, 15) is 0 Å². The summed E-state index contributed by atoms with van der Waals surface area (Å²) in [6.45, 7) is 7.12. The van der Waals surface area contributed by atoms with Crippen LogP contribution in [-0.4, -0.2) is 16.5 Å². The first-order valence-electron chi connectivity index (χ1n) is 5.28. The van der Waals surface area contributed by atoms with Crippen molar-refractivity contribution in [3.63, 3.8) is 0 Å². The van der Waals surface area contributed by atoms with Crippen LogP contribution < -0.4 is 10.9 Å². The van der Waals surface area contributed by atoms with Crippen LogP contribution in [0.25, 0.3) is 0 Å². The van der Waals surface area contributed by atoms with Crippen LogP contribution >= 0.6 is 15.9 Å². The number of halogens is 1. The van der Waals surface area contributed by atoms with Gasteiger partial charge in [-0.15, -0.1) is 0 Å². The zero-order valence-electron chi connectivity index (χ0n) is 10.2. The molecular formula is C11H16BrN5. The van der Waals surface area contributed by atoms with Crippen LogP contribution in [0.3, 0.4) is 0 Å². The van der Waals surface area contributed by atoms with E-state index in [2.05, 4.69) is 46.7 Å². The van der Waals surface area contributed by atoms with Crippen molar-refractivity contribution in [1.29, 1.82) is 5.26 Å². The van der Waals surface area contributed by atoms with E-state index in [4.69, 9.17) is 11.1 Å². The molecule has 0 spiro atoms. The molecule has 1 aromatic heterocycles. The summed E-state index contributed by atoms with van der Waals surface area (Å²) in [4.78, 5) is 7.92. The van der Waals surface area contributed by atoms with Gasteiger partial charge in [0.1, 0.15) is 6.07 Å². The summed E-state index contributed by atoms with van der Waals surface area (Å²) in [5.74, 6) is 6.59. The van der Waals surface area contributed by atoms with E-state index in [1.165, 1.54) is 11.2 Å². The van der Waals surface area contributed by atoms with Crippen LogP contribution in [0.5, 0.6) is 0 Å². The molecule has 0 atom stereocenters. The third kappa shape index (κ3) is 4.29. The molecular weight excluding hydrogens is 282 g/mol. The first kappa shape index (κ1) is 13.9. The SMILES string of the molecule is CC(C)(C)CCN(N)c1nc(C#N)ncc1Br. The van der Waals surface area contributed by atoms with Crippen LogP contribution in [0, 0.1) is 16.7 Å². The van der Waals surface area contributed by atoms with E-state index < -0.39 is 0 Å². The molecule has 5 nitrogen and oxygen atoms in total. The fourth-order valence-electron chi connectivity index (χ4n) is 1.18. The van der Waals surface area contributed by atoms with Gasteiger partial charge < -0.3 is 0 Å². The van der Waals surface area contributed by atoms with Gasteiger partial charge >= 0.3 is 0 Å². The molecule has 0 aliphatic heterocycles. The Morgan fingerprint density at radius 2 is 2.18 bits per heavy atom. The fraction of sp³-hybridized carbons (Fsp3) is 0.545. The second-order valence-corrected chi connectivity index (χ2v) is 5.84. The molecule has 0 amide bonds. The Morgan fingerprint density at radius 1 is 1.53 bits per heavy atom. The minimum absolute atomic E-state index is 0.120. The van der Waals surface area contributed by atoms with Gasteiger partial charge in [-0.3, -0.25) is 5.01 Å². The van der Waals surface area contributed by atoms with Crippen molar-refractivity contribution in [2.75, 3.05) is 11.6 Å². The van der Waals surface area contributed by atoms with Crippen molar-refractivity contribution in [3.05, 3.63) is 16.5 Å². The number of aromatic nitrogens is 2. The quantitative estimate of drug-likeness (QED) is 0.684. The number of hydrazine groups is 1. The Kier molecular flexibility index (Phi) is 4.43. The topological polar surface area (TPSA) is 78.8 Å². The van der Waals surface area contributed by atoms with Crippen LogP contribution in [0.2, 0.25) is 0 Å². The molecule has 1 heterocycles. The molecule has 17 heavy (non-hydrogen) atoms. The second kappa shape index (κ2) is 5.43. The highest BCUT2D eigenvalue weighted by Crippen LogP contribution is 2.24. The summed E-state index contributed by atoms with van der Waals surface area (Å²) in [6, 6.07) is 1.90. The molecule has 0 fully saturated rings. The van der Waals surface area contributed by atoms with E-state index in [1.54, 1.807) is 0 Å². The summed E-state index contributed by atoms with van der Waals surface area (Å²) < 4.78 is 0.688. The van der Waals surface area contributed by atoms with E-state index in [-0.39, 0.29) is 11.2 Å². The summed E-state index contributed by atoms with van der Waals surface area (Å²) in [5.41, 5.74) is 0.204. The lowest BCUT2D eigenvalue weighted by Crippen LogP contribution is -2.35. The van der Waals surface area contributed by atoms with Crippen molar-refractivity contribution in [2.45, 2.75) is 27.2 Å². The fourth-order valence-corrected chi connectivity index (χ4v) is 1.59. The Hall–Kier alpha value is -1.19. The Balaban J connectivity index is 2.82. The normalized spacial score (nSPS) is 11.1. The molecule has 6 heteroatoms. The van der Waals surface area contributed by atoms with Crippen molar-refractivity contribution in [1.82, 2.24) is 9.97 Å². The van der Waals surface area contributed by atoms with Gasteiger partial charge in [-0.2, -0.15) is 10.2 Å². The number of nitrogens with two attached hydrogens (primary N) is 1. The van der Waals surface area contributed by atoms with Gasteiger partial charge in [-0.25, -0.2) is 10.8 Å². The van der Waals surface area contributed by atoms with Crippen LogP contribution in [-0.2, 0) is 0 Å². The van der Waals surface area contributed by atoms with Gasteiger partial charge in [0.2, 0.25) is 5.82 Å². The summed E-state index contributed by atoms with van der Waals surface area (Å²) >= 11 is 3.32. The lowest BCUT2D eigenvalue weighted by molar-refractivity contribution is 0.379. The molecule has 0 unspecified atom stereocenters. The third-order valence-electron chi connectivity index (χ3n) is 2.20. The predicted molar refractivity (Wildman–Crippen MR) is 70.1 cm³/mol. The minimum atomic E-state index is 0.120. The molecule has 0 aromatic carbocycles. The largest absolute Gasteiger partial charge is 0.294 e. The molecule has 0 aliphatic rings. The van der Waals surface area contributed by atoms with Gasteiger partial charge in [0.05, 0.1) is 4.47 Å². The number of nitrogens with zero attached hydrogens (tertiary/aromatic N) is 4. The van der Waals surface area contributed by atoms with Gasteiger partial charge in [-0.1, -0.05) is 20.8 Å². The number of anilines is 1. The van der Waals surface area contributed by atoms with Gasteiger partial charge in [-0.05, 0) is 27.8 Å². The van der Waals surface area contributed by atoms with E-state index >= 15 is 0 Å². The molecule has 2 N–H and O–H groups in total. The molecule has 92 valence electrons. The Bertz CT molecular complexity index is 432. The maximum Gasteiger partial charge on any atom is 0.234 e. The zero-order valence-corrected chi connectivity index (χ0v) is 11.8. The van der Waals surface area contributed by atoms with Crippen molar-refractivity contribution in [2.24, 2.45) is 11.3 Å². The number of hydrogen-bond donors (Lipinski definition) is 1. The van der Waals surface area contributed by atoms with Gasteiger partial charge in [0, 0.05) is 12.7 Å². The minimum Gasteiger partial charge on any atom is -0.294 e. The van der Waals surface area contributed by atoms with Crippen molar-refractivity contribution >= 4 is 21.7 Å². The summed E-state index contributed by atoms with van der Waals surface area (Å²) in [7, 11) is 0. The molecule has 1 rings (SSSR count). The first-order chi connectivity index (χ1) is 7.83. The van der Waals surface area contributed by atoms with Crippen LogP contribution in [0.4, 0.5) is 5.82 Å². The maximum absolute atomic E-state index is 8.74. The molecule has 0 radical (unpaired) electrons. The number of rotatable bonds is 3. The van der Waals surface area contributed by atoms with E-state index in [0.29, 0.717) is 16.8 Å². The summed E-state index contributed by atoms with van der Waals surface area (Å²) in [5, 5.41) is 10.3. The smallest absolute Gasteiger partial charge is 0.234 e. The standard InChI is InChI=1S/C11H16BrN5/c1-11(2,3)4-5-17(14)10-8(12)7-15-9(6-13)16-10/h7H,4-5,14H2,1-3H3. The van der Waals surface area contributed by atoms with E-state index in [1.807, 2.05) is 6.07 Å². The Morgan fingerprint density at radius 3 is 2.71 bits per heavy atom. The molecule has 0 aliphatic carbocycles. The highest BCUT2D eigenvalue weighted by Gasteiger charge is 2.15. The highest BCUT2D eigenvalue weighted by molar-refractivity contribution is 9.10. The van der Waals surface area contributed by atoms with E-state index in [0.717, 1.165) is 6.42 Å². The average molecular weight is 298 g/mol. The zero-order chi connectivity index (χ0) is 13.1. The van der Waals surface area contributed by atoms with Gasteiger partial charge in [0.25, 0.3) is 0 Å². The highest BCUT2D eigenvalue weighted by atomic mass is 79.9. The lowest BCUT2D eigenvalue weighted by Gasteiger charge is -2.24. The van der Waals surface area contributed by atoms with Gasteiger partial charge in [0.15, 0.2) is 5.82 Å². The number of nitriles is 1. The second-order valence-electron chi connectivity index (χ2n) is 4.98. The van der Waals surface area contributed by atoms with Crippen molar-refractivity contribution < 1.29 is 0 Å². The van der Waals surface area contributed by atoms with Crippen LogP contribution in [0.1, 0.15) is 33.0 Å².